The van der Waals surface area contributed by atoms with Crippen molar-refractivity contribution in [3.8, 4) is 5.75 Å². The maximum atomic E-state index is 12.4. The molecule has 0 radical (unpaired) electrons. The highest BCUT2D eigenvalue weighted by atomic mass is 79.9. The molecule has 2 aromatic carbocycles. The minimum atomic E-state index is -0.608. The molecule has 9 heteroatoms. The molecule has 3 aromatic rings. The van der Waals surface area contributed by atoms with E-state index in [-0.39, 0.29) is 5.91 Å². The maximum absolute atomic E-state index is 12.4. The monoisotopic (exact) mass is 542 g/mol. The molecule has 186 valence electrons. The lowest BCUT2D eigenvalue weighted by atomic mass is 10.1. The maximum Gasteiger partial charge on any atom is 0.412 e. The lowest BCUT2D eigenvalue weighted by Crippen LogP contribution is -2.27. The second-order valence-corrected chi connectivity index (χ2v) is 10.1. The summed E-state index contributed by atoms with van der Waals surface area (Å²) < 4.78 is 12.2. The first-order valence-electron chi connectivity index (χ1n) is 11.5. The fraction of sp³-hybridized carbons (Fsp3) is 0.385. The van der Waals surface area contributed by atoms with Crippen molar-refractivity contribution in [2.75, 3.05) is 17.2 Å². The molecule has 0 aliphatic carbocycles. The number of unbranched alkanes of at least 4 members (excludes halogenated alkanes) is 2. The number of para-hydroxylation sites is 2. The minimum absolute atomic E-state index is 0.116. The van der Waals surface area contributed by atoms with Crippen LogP contribution >= 0.6 is 15.9 Å². The van der Waals surface area contributed by atoms with Gasteiger partial charge >= 0.3 is 6.09 Å². The summed E-state index contributed by atoms with van der Waals surface area (Å²) in [4.78, 5) is 33.1. The van der Waals surface area contributed by atoms with Gasteiger partial charge in [0.05, 0.1) is 18.0 Å². The Morgan fingerprint density at radius 1 is 1.00 bits per heavy atom. The number of nitrogens with zero attached hydrogens (tertiary/aromatic N) is 2. The third kappa shape index (κ3) is 8.20. The van der Waals surface area contributed by atoms with Gasteiger partial charge in [-0.25, -0.2) is 14.8 Å². The van der Waals surface area contributed by atoms with Gasteiger partial charge < -0.3 is 14.8 Å². The van der Waals surface area contributed by atoms with Gasteiger partial charge in [-0.2, -0.15) is 0 Å². The fourth-order valence-electron chi connectivity index (χ4n) is 3.41. The molecule has 1 heterocycles. The number of ether oxygens (including phenoxy) is 2. The number of fused-ring (bicyclic) bond motifs is 1. The van der Waals surface area contributed by atoms with Gasteiger partial charge in [-0.3, -0.25) is 10.1 Å². The standard InChI is InChI=1S/C26H31BrN4O4/c1-17-19-14-18(27)15-22(24(19)29-16-28-17)34-13-9-5-6-12-23(32)30-20-10-7-8-11-21(20)31-25(33)35-26(2,3)4/h7-8,10-11,14-16H,5-6,9,12-13H2,1-4H3,(H,30,32)(H,31,33). The summed E-state index contributed by atoms with van der Waals surface area (Å²) in [5.41, 5.74) is 2.10. The van der Waals surface area contributed by atoms with E-state index in [1.807, 2.05) is 19.1 Å². The second-order valence-electron chi connectivity index (χ2n) is 9.14. The van der Waals surface area contributed by atoms with Crippen LogP contribution in [0, 0.1) is 6.92 Å². The predicted octanol–water partition coefficient (Wildman–Crippen LogP) is 6.63. The number of nitrogens with one attached hydrogen (secondary N) is 2. The number of hydrogen-bond acceptors (Lipinski definition) is 6. The van der Waals surface area contributed by atoms with Crippen LogP contribution in [0.3, 0.4) is 0 Å². The molecule has 0 aliphatic rings. The predicted molar refractivity (Wildman–Crippen MR) is 141 cm³/mol. The van der Waals surface area contributed by atoms with Gasteiger partial charge in [0.2, 0.25) is 5.91 Å². The summed E-state index contributed by atoms with van der Waals surface area (Å²) in [6.07, 6.45) is 3.70. The highest BCUT2D eigenvalue weighted by Crippen LogP contribution is 2.30. The van der Waals surface area contributed by atoms with Crippen molar-refractivity contribution in [1.29, 1.82) is 0 Å². The molecule has 35 heavy (non-hydrogen) atoms. The van der Waals surface area contributed by atoms with Gasteiger partial charge in [0, 0.05) is 22.0 Å². The van der Waals surface area contributed by atoms with Crippen LogP contribution in [0.2, 0.25) is 0 Å². The SMILES string of the molecule is Cc1ncnc2c(OCCCCCC(=O)Nc3ccccc3NC(=O)OC(C)(C)C)cc(Br)cc12. The smallest absolute Gasteiger partial charge is 0.412 e. The number of aromatic nitrogens is 2. The van der Waals surface area contributed by atoms with E-state index in [9.17, 15) is 9.59 Å². The van der Waals surface area contributed by atoms with Crippen LogP contribution in [0.15, 0.2) is 47.2 Å². The zero-order valence-corrected chi connectivity index (χ0v) is 22.1. The van der Waals surface area contributed by atoms with Crippen molar-refractivity contribution in [3.63, 3.8) is 0 Å². The number of benzene rings is 2. The number of hydrogen-bond donors (Lipinski definition) is 2. The Balaban J connectivity index is 1.43. The van der Waals surface area contributed by atoms with Crippen LogP contribution in [0.1, 0.15) is 52.1 Å². The number of amides is 2. The minimum Gasteiger partial charge on any atom is -0.491 e. The summed E-state index contributed by atoms with van der Waals surface area (Å²) in [5.74, 6) is 0.598. The lowest BCUT2D eigenvalue weighted by Gasteiger charge is -2.20. The van der Waals surface area contributed by atoms with Crippen LogP contribution in [0.4, 0.5) is 16.2 Å². The molecule has 2 amide bonds. The van der Waals surface area contributed by atoms with Crippen LogP contribution in [-0.2, 0) is 9.53 Å². The average Bonchev–Trinajstić information content (AvgIpc) is 2.77. The second kappa shape index (κ2) is 12.0. The van der Waals surface area contributed by atoms with Gasteiger partial charge in [-0.15, -0.1) is 0 Å². The van der Waals surface area contributed by atoms with Crippen LogP contribution in [-0.4, -0.2) is 34.2 Å². The Labute approximate surface area is 214 Å². The number of anilines is 2. The third-order valence-electron chi connectivity index (χ3n) is 5.01. The average molecular weight is 543 g/mol. The number of halogens is 1. The lowest BCUT2D eigenvalue weighted by molar-refractivity contribution is -0.116. The van der Waals surface area contributed by atoms with E-state index < -0.39 is 11.7 Å². The first-order chi connectivity index (χ1) is 16.6. The molecule has 0 aliphatic heterocycles. The van der Waals surface area contributed by atoms with Crippen molar-refractivity contribution in [2.24, 2.45) is 0 Å². The van der Waals surface area contributed by atoms with Gasteiger partial charge in [0.25, 0.3) is 0 Å². The molecule has 0 bridgehead atoms. The fourth-order valence-corrected chi connectivity index (χ4v) is 3.85. The molecule has 0 fully saturated rings. The molecule has 3 rings (SSSR count). The highest BCUT2D eigenvalue weighted by Gasteiger charge is 2.17. The van der Waals surface area contributed by atoms with Crippen molar-refractivity contribution < 1.29 is 19.1 Å². The number of carbonyl (C=O) groups is 2. The summed E-state index contributed by atoms with van der Waals surface area (Å²) in [6, 6.07) is 10.9. The van der Waals surface area contributed by atoms with Gasteiger partial charge in [0.1, 0.15) is 23.2 Å². The van der Waals surface area contributed by atoms with Crippen molar-refractivity contribution in [2.45, 2.75) is 59.0 Å². The molecule has 0 saturated heterocycles. The summed E-state index contributed by atoms with van der Waals surface area (Å²) in [5, 5.41) is 6.51. The number of rotatable bonds is 9. The van der Waals surface area contributed by atoms with E-state index in [0.717, 1.165) is 40.3 Å². The molecule has 0 saturated carbocycles. The molecule has 1 aromatic heterocycles. The van der Waals surface area contributed by atoms with Crippen LogP contribution in [0.5, 0.6) is 5.75 Å². The highest BCUT2D eigenvalue weighted by molar-refractivity contribution is 9.10. The Bertz CT molecular complexity index is 1190. The summed E-state index contributed by atoms with van der Waals surface area (Å²) in [6.45, 7) is 7.85. The molecule has 8 nitrogen and oxygen atoms in total. The Morgan fingerprint density at radius 3 is 2.43 bits per heavy atom. The normalized spacial score (nSPS) is 11.2. The quantitative estimate of drug-likeness (QED) is 0.294. The molecule has 0 spiro atoms. The summed E-state index contributed by atoms with van der Waals surface area (Å²) in [7, 11) is 0. The molecule has 2 N–H and O–H groups in total. The zero-order chi connectivity index (χ0) is 25.4. The van der Waals surface area contributed by atoms with Crippen LogP contribution in [0.25, 0.3) is 10.9 Å². The molecular formula is C26H31BrN4O4. The van der Waals surface area contributed by atoms with E-state index in [2.05, 4.69) is 36.5 Å². The summed E-state index contributed by atoms with van der Waals surface area (Å²) >= 11 is 3.51. The van der Waals surface area contributed by atoms with Crippen molar-refractivity contribution >= 4 is 50.2 Å². The Hall–Kier alpha value is -3.20. The topological polar surface area (TPSA) is 102 Å². The first kappa shape index (κ1) is 26.4. The van der Waals surface area contributed by atoms with Crippen molar-refractivity contribution in [1.82, 2.24) is 9.97 Å². The van der Waals surface area contributed by atoms with E-state index in [1.54, 1.807) is 45.0 Å². The van der Waals surface area contributed by atoms with Gasteiger partial charge in [-0.05, 0) is 71.2 Å². The molecule has 0 unspecified atom stereocenters. The number of carbonyl (C=O) groups excluding carboxylic acids is 2. The Kier molecular flexibility index (Phi) is 9.03. The van der Waals surface area contributed by atoms with E-state index in [0.29, 0.717) is 30.2 Å². The molecular weight excluding hydrogens is 512 g/mol. The van der Waals surface area contributed by atoms with E-state index in [4.69, 9.17) is 9.47 Å². The molecule has 0 atom stereocenters. The van der Waals surface area contributed by atoms with Crippen LogP contribution < -0.4 is 15.4 Å². The van der Waals surface area contributed by atoms with Gasteiger partial charge in [0.15, 0.2) is 0 Å². The third-order valence-corrected chi connectivity index (χ3v) is 5.47. The zero-order valence-electron chi connectivity index (χ0n) is 20.5. The van der Waals surface area contributed by atoms with Gasteiger partial charge in [-0.1, -0.05) is 28.1 Å². The van der Waals surface area contributed by atoms with E-state index in [1.165, 1.54) is 6.33 Å². The largest absolute Gasteiger partial charge is 0.491 e. The first-order valence-corrected chi connectivity index (χ1v) is 12.3. The Morgan fingerprint density at radius 2 is 1.71 bits per heavy atom. The number of aryl methyl sites for hydroxylation is 1. The van der Waals surface area contributed by atoms with E-state index >= 15 is 0 Å². The van der Waals surface area contributed by atoms with Crippen molar-refractivity contribution in [3.05, 3.63) is 52.9 Å².